The van der Waals surface area contributed by atoms with Gasteiger partial charge in [-0.3, -0.25) is 4.98 Å². The van der Waals surface area contributed by atoms with Crippen LogP contribution in [-0.4, -0.2) is 35.4 Å². The Balaban J connectivity index is 1.85. The predicted molar refractivity (Wildman–Crippen MR) is 111 cm³/mol. The summed E-state index contributed by atoms with van der Waals surface area (Å²) in [5, 5.41) is 0.601. The molecule has 1 unspecified atom stereocenters. The van der Waals surface area contributed by atoms with Crippen LogP contribution in [0.3, 0.4) is 0 Å². The Morgan fingerprint density at radius 1 is 1.10 bits per heavy atom. The van der Waals surface area contributed by atoms with Crippen molar-refractivity contribution in [2.45, 2.75) is 17.4 Å². The highest BCUT2D eigenvalue weighted by Crippen LogP contribution is 2.46. The molecule has 0 bridgehead atoms. The van der Waals surface area contributed by atoms with E-state index in [0.717, 1.165) is 0 Å². The lowest BCUT2D eigenvalue weighted by Crippen LogP contribution is -2.29. The first-order valence-corrected chi connectivity index (χ1v) is 10.9. The highest BCUT2D eigenvalue weighted by atomic mass is 32.2. The molecule has 0 radical (unpaired) electrons. The lowest BCUT2D eigenvalue weighted by Gasteiger charge is -2.26. The van der Waals surface area contributed by atoms with Crippen molar-refractivity contribution >= 4 is 26.9 Å². The number of cyclic esters (lactones) is 1. The standard InChI is InChI=1S/C22H17N3O5S/c1-22(16-8-11-24-20(29-2)19(16)21(26)30-22)18-12-14-13-23-10-9-17(14)25(18)31(27,28)15-6-4-3-5-7-15/h3-13H,1-2H3. The van der Waals surface area contributed by atoms with Gasteiger partial charge < -0.3 is 9.47 Å². The molecule has 0 saturated carbocycles. The fraction of sp³-hybridized carbons (Fsp3) is 0.136. The number of aromatic nitrogens is 3. The van der Waals surface area contributed by atoms with Crippen LogP contribution in [0.1, 0.15) is 28.5 Å². The lowest BCUT2D eigenvalue weighted by atomic mass is 9.92. The van der Waals surface area contributed by atoms with Crippen molar-refractivity contribution in [3.63, 3.8) is 0 Å². The number of fused-ring (bicyclic) bond motifs is 2. The fourth-order valence-electron chi connectivity index (χ4n) is 3.99. The van der Waals surface area contributed by atoms with Crippen LogP contribution in [0.15, 0.2) is 72.0 Å². The minimum Gasteiger partial charge on any atom is -0.480 e. The van der Waals surface area contributed by atoms with E-state index in [1.807, 2.05) is 0 Å². The number of ether oxygens (including phenoxy) is 2. The van der Waals surface area contributed by atoms with E-state index in [0.29, 0.717) is 16.5 Å². The van der Waals surface area contributed by atoms with Crippen molar-refractivity contribution in [3.05, 3.63) is 83.9 Å². The van der Waals surface area contributed by atoms with Crippen LogP contribution in [0.4, 0.5) is 0 Å². The maximum atomic E-state index is 13.7. The molecular weight excluding hydrogens is 418 g/mol. The zero-order valence-electron chi connectivity index (χ0n) is 16.6. The number of pyridine rings is 2. The van der Waals surface area contributed by atoms with Crippen LogP contribution in [0.5, 0.6) is 5.88 Å². The summed E-state index contributed by atoms with van der Waals surface area (Å²) >= 11 is 0. The Labute approximate surface area is 178 Å². The van der Waals surface area contributed by atoms with Gasteiger partial charge in [-0.25, -0.2) is 22.2 Å². The van der Waals surface area contributed by atoms with Gasteiger partial charge >= 0.3 is 5.97 Å². The molecule has 9 heteroatoms. The second-order valence-electron chi connectivity index (χ2n) is 7.21. The van der Waals surface area contributed by atoms with Gasteiger partial charge in [0.15, 0.2) is 5.60 Å². The third-order valence-corrected chi connectivity index (χ3v) is 7.19. The molecule has 3 aromatic heterocycles. The minimum absolute atomic E-state index is 0.117. The van der Waals surface area contributed by atoms with E-state index in [4.69, 9.17) is 9.47 Å². The van der Waals surface area contributed by atoms with Gasteiger partial charge in [-0.15, -0.1) is 0 Å². The monoisotopic (exact) mass is 435 g/mol. The third kappa shape index (κ3) is 2.66. The van der Waals surface area contributed by atoms with Gasteiger partial charge in [0.1, 0.15) is 5.56 Å². The van der Waals surface area contributed by atoms with E-state index in [-0.39, 0.29) is 22.0 Å². The van der Waals surface area contributed by atoms with Gasteiger partial charge in [-0.1, -0.05) is 18.2 Å². The van der Waals surface area contributed by atoms with Gasteiger partial charge in [-0.2, -0.15) is 0 Å². The number of esters is 1. The summed E-state index contributed by atoms with van der Waals surface area (Å²) in [7, 11) is -2.60. The highest BCUT2D eigenvalue weighted by molar-refractivity contribution is 7.90. The normalized spacial score (nSPS) is 18.1. The molecule has 5 rings (SSSR count). The molecule has 8 nitrogen and oxygen atoms in total. The van der Waals surface area contributed by atoms with Gasteiger partial charge in [0.25, 0.3) is 10.0 Å². The Bertz CT molecular complexity index is 1450. The molecule has 1 aliphatic heterocycles. The first kappa shape index (κ1) is 19.3. The van der Waals surface area contributed by atoms with Crippen LogP contribution in [0.2, 0.25) is 0 Å². The summed E-state index contributed by atoms with van der Waals surface area (Å²) in [5.41, 5.74) is -0.0202. The summed E-state index contributed by atoms with van der Waals surface area (Å²) in [6, 6.07) is 13.0. The molecular formula is C22H17N3O5S. The van der Waals surface area contributed by atoms with Gasteiger partial charge in [-0.05, 0) is 37.3 Å². The molecule has 1 aromatic carbocycles. The SMILES string of the molecule is COc1nccc2c1C(=O)OC2(C)c1cc2cnccc2n1S(=O)(=O)c1ccccc1. The summed E-state index contributed by atoms with van der Waals surface area (Å²) < 4.78 is 39.7. The van der Waals surface area contributed by atoms with Crippen molar-refractivity contribution < 1.29 is 22.7 Å². The number of hydrogen-bond acceptors (Lipinski definition) is 7. The summed E-state index contributed by atoms with van der Waals surface area (Å²) in [4.78, 5) is 21.1. The van der Waals surface area contributed by atoms with Crippen molar-refractivity contribution in [1.82, 2.24) is 13.9 Å². The minimum atomic E-state index is -4.01. The van der Waals surface area contributed by atoms with Crippen LogP contribution in [0.25, 0.3) is 10.9 Å². The molecule has 1 atom stereocenters. The number of methoxy groups -OCH3 is 1. The second kappa shape index (κ2) is 6.64. The number of carbonyl (C=O) groups excluding carboxylic acids is 1. The van der Waals surface area contributed by atoms with E-state index in [2.05, 4.69) is 9.97 Å². The van der Waals surface area contributed by atoms with E-state index < -0.39 is 21.6 Å². The second-order valence-corrected chi connectivity index (χ2v) is 9.00. The number of nitrogens with zero attached hydrogens (tertiary/aromatic N) is 3. The molecule has 1 aliphatic rings. The van der Waals surface area contributed by atoms with E-state index in [9.17, 15) is 13.2 Å². The summed E-state index contributed by atoms with van der Waals surface area (Å²) in [5.74, 6) is -0.504. The van der Waals surface area contributed by atoms with Crippen molar-refractivity contribution in [1.29, 1.82) is 0 Å². The molecule has 0 N–H and O–H groups in total. The van der Waals surface area contributed by atoms with Gasteiger partial charge in [0.2, 0.25) is 5.88 Å². The molecule has 0 amide bonds. The molecule has 31 heavy (non-hydrogen) atoms. The molecule has 156 valence electrons. The van der Waals surface area contributed by atoms with Crippen LogP contribution in [0, 0.1) is 0 Å². The highest BCUT2D eigenvalue weighted by Gasteiger charge is 2.48. The number of rotatable bonds is 4. The molecule has 0 fully saturated rings. The third-order valence-electron chi connectivity index (χ3n) is 5.45. The first-order valence-electron chi connectivity index (χ1n) is 9.41. The average molecular weight is 435 g/mol. The molecule has 0 saturated heterocycles. The van der Waals surface area contributed by atoms with Crippen molar-refractivity contribution in [2.24, 2.45) is 0 Å². The zero-order valence-corrected chi connectivity index (χ0v) is 17.5. The van der Waals surface area contributed by atoms with Crippen LogP contribution >= 0.6 is 0 Å². The fourth-order valence-corrected chi connectivity index (χ4v) is 5.62. The maximum absolute atomic E-state index is 13.7. The molecule has 0 spiro atoms. The Morgan fingerprint density at radius 2 is 1.87 bits per heavy atom. The topological polar surface area (TPSA) is 100 Å². The van der Waals surface area contributed by atoms with Crippen molar-refractivity contribution in [2.75, 3.05) is 7.11 Å². The maximum Gasteiger partial charge on any atom is 0.345 e. The molecule has 0 aliphatic carbocycles. The van der Waals surface area contributed by atoms with Crippen molar-refractivity contribution in [3.8, 4) is 5.88 Å². The average Bonchev–Trinajstić information content (AvgIpc) is 3.31. The number of hydrogen-bond donors (Lipinski definition) is 0. The van der Waals surface area contributed by atoms with E-state index in [1.54, 1.807) is 49.5 Å². The van der Waals surface area contributed by atoms with E-state index in [1.165, 1.54) is 35.6 Å². The largest absolute Gasteiger partial charge is 0.480 e. The lowest BCUT2D eigenvalue weighted by molar-refractivity contribution is 0.0162. The molecule has 4 aromatic rings. The predicted octanol–water partition coefficient (Wildman–Crippen LogP) is 3.11. The summed E-state index contributed by atoms with van der Waals surface area (Å²) in [6.07, 6.45) is 4.59. The number of carbonyl (C=O) groups is 1. The zero-order chi connectivity index (χ0) is 21.8. The Hall–Kier alpha value is -3.72. The van der Waals surface area contributed by atoms with E-state index >= 15 is 0 Å². The summed E-state index contributed by atoms with van der Waals surface area (Å²) in [6.45, 7) is 1.66. The molecule has 4 heterocycles. The quantitative estimate of drug-likeness (QED) is 0.454. The van der Waals surface area contributed by atoms with Crippen LogP contribution < -0.4 is 4.74 Å². The number of benzene rings is 1. The Kier molecular flexibility index (Phi) is 4.13. The Morgan fingerprint density at radius 3 is 2.61 bits per heavy atom. The smallest absolute Gasteiger partial charge is 0.345 e. The van der Waals surface area contributed by atoms with Gasteiger partial charge in [0, 0.05) is 29.5 Å². The van der Waals surface area contributed by atoms with Gasteiger partial charge in [0.05, 0.1) is 23.2 Å². The van der Waals surface area contributed by atoms with Crippen LogP contribution in [-0.2, 0) is 20.4 Å². The first-order chi connectivity index (χ1) is 14.9.